The van der Waals surface area contributed by atoms with E-state index in [-0.39, 0.29) is 5.82 Å². The largest absolute Gasteiger partial charge is 0.493 e. The van der Waals surface area contributed by atoms with E-state index in [1.807, 2.05) is 6.07 Å². The van der Waals surface area contributed by atoms with Gasteiger partial charge in [-0.1, -0.05) is 0 Å². The molecule has 1 aromatic carbocycles. The van der Waals surface area contributed by atoms with Crippen molar-refractivity contribution in [3.63, 3.8) is 0 Å². The molecule has 0 saturated carbocycles. The predicted molar refractivity (Wildman–Crippen MR) is 118 cm³/mol. The average molecular weight is 429 g/mol. The highest BCUT2D eigenvalue weighted by Crippen LogP contribution is 2.26. The lowest BCUT2D eigenvalue weighted by Gasteiger charge is -2.42. The lowest BCUT2D eigenvalue weighted by molar-refractivity contribution is 0.0639. The Hall–Kier alpha value is -1.83. The first-order valence-electron chi connectivity index (χ1n) is 11.8. The lowest BCUT2D eigenvalue weighted by Crippen LogP contribution is -2.58. The SMILES string of the molecule is Fc1cc(OCC2CCN(C3CNC3)CC2)cc2nc(CCC3CCOCC3)ncc12. The zero-order valence-electron chi connectivity index (χ0n) is 18.2. The first-order valence-corrected chi connectivity index (χ1v) is 11.8. The molecule has 3 aliphatic rings. The van der Waals surface area contributed by atoms with Gasteiger partial charge in [0.25, 0.3) is 0 Å². The van der Waals surface area contributed by atoms with E-state index in [4.69, 9.17) is 9.47 Å². The number of aryl methyl sites for hydroxylation is 1. The summed E-state index contributed by atoms with van der Waals surface area (Å²) >= 11 is 0. The number of hydrogen-bond acceptors (Lipinski definition) is 6. The number of hydrogen-bond donors (Lipinski definition) is 1. The predicted octanol–water partition coefficient (Wildman–Crippen LogP) is 3.19. The molecule has 3 fully saturated rings. The van der Waals surface area contributed by atoms with E-state index < -0.39 is 0 Å². The van der Waals surface area contributed by atoms with Gasteiger partial charge in [-0.3, -0.25) is 4.90 Å². The summed E-state index contributed by atoms with van der Waals surface area (Å²) in [5.41, 5.74) is 0.638. The van der Waals surface area contributed by atoms with Crippen molar-refractivity contribution < 1.29 is 13.9 Å². The summed E-state index contributed by atoms with van der Waals surface area (Å²) in [6.07, 6.45) is 8.00. The maximum atomic E-state index is 14.6. The molecule has 4 heterocycles. The minimum Gasteiger partial charge on any atom is -0.493 e. The maximum Gasteiger partial charge on any atom is 0.137 e. The van der Waals surface area contributed by atoms with E-state index >= 15 is 0 Å². The molecule has 2 aromatic rings. The summed E-state index contributed by atoms with van der Waals surface area (Å²) in [6.45, 7) is 6.86. The highest BCUT2D eigenvalue weighted by molar-refractivity contribution is 5.79. The number of benzene rings is 1. The van der Waals surface area contributed by atoms with E-state index in [2.05, 4.69) is 20.2 Å². The molecule has 1 N–H and O–H groups in total. The number of rotatable bonds is 7. The molecular formula is C24H33FN4O2. The summed E-state index contributed by atoms with van der Waals surface area (Å²) < 4.78 is 26.1. The van der Waals surface area contributed by atoms with Crippen molar-refractivity contribution in [3.05, 3.63) is 30.0 Å². The molecule has 5 rings (SSSR count). The van der Waals surface area contributed by atoms with Gasteiger partial charge in [0, 0.05) is 57.1 Å². The average Bonchev–Trinajstić information content (AvgIpc) is 2.76. The molecule has 168 valence electrons. The molecular weight excluding hydrogens is 395 g/mol. The summed E-state index contributed by atoms with van der Waals surface area (Å²) in [5, 5.41) is 3.81. The van der Waals surface area contributed by atoms with Gasteiger partial charge in [0.15, 0.2) is 0 Å². The van der Waals surface area contributed by atoms with Crippen LogP contribution >= 0.6 is 0 Å². The highest BCUT2D eigenvalue weighted by Gasteiger charge is 2.28. The van der Waals surface area contributed by atoms with Crippen molar-refractivity contribution in [1.82, 2.24) is 20.2 Å². The van der Waals surface area contributed by atoms with Gasteiger partial charge in [-0.05, 0) is 57.0 Å². The Balaban J connectivity index is 1.18. The van der Waals surface area contributed by atoms with Gasteiger partial charge in [0.05, 0.1) is 17.5 Å². The number of halogens is 1. The van der Waals surface area contributed by atoms with E-state index in [0.29, 0.717) is 35.1 Å². The Labute approximate surface area is 183 Å². The first kappa shape index (κ1) is 21.0. The van der Waals surface area contributed by atoms with Crippen molar-refractivity contribution in [2.24, 2.45) is 11.8 Å². The molecule has 6 nitrogen and oxygen atoms in total. The standard InChI is InChI=1S/C24H33FN4O2/c25-22-11-20(31-16-18-3-7-29(8-4-18)19-13-26-14-19)12-23-21(22)15-27-24(28-23)2-1-17-5-9-30-10-6-17/h11-12,15,17-19,26H,1-10,13-14,16H2. The van der Waals surface area contributed by atoms with Gasteiger partial charge in [-0.2, -0.15) is 0 Å². The summed E-state index contributed by atoms with van der Waals surface area (Å²) in [5.74, 6) is 2.25. The van der Waals surface area contributed by atoms with Crippen LogP contribution in [-0.4, -0.2) is 66.9 Å². The second-order valence-corrected chi connectivity index (χ2v) is 9.32. The fraction of sp³-hybridized carbons (Fsp3) is 0.667. The summed E-state index contributed by atoms with van der Waals surface area (Å²) in [4.78, 5) is 11.6. The molecule has 0 amide bonds. The third-order valence-corrected chi connectivity index (χ3v) is 7.20. The number of nitrogens with zero attached hydrogens (tertiary/aromatic N) is 3. The molecule has 1 aromatic heterocycles. The van der Waals surface area contributed by atoms with E-state index in [1.165, 1.54) is 6.07 Å². The third-order valence-electron chi connectivity index (χ3n) is 7.20. The van der Waals surface area contributed by atoms with Crippen molar-refractivity contribution in [1.29, 1.82) is 0 Å². The monoisotopic (exact) mass is 428 g/mol. The second-order valence-electron chi connectivity index (χ2n) is 9.32. The normalized spacial score (nSPS) is 22.0. The van der Waals surface area contributed by atoms with Gasteiger partial charge in [0.2, 0.25) is 0 Å². The van der Waals surface area contributed by atoms with Crippen LogP contribution in [0.2, 0.25) is 0 Å². The summed E-state index contributed by atoms with van der Waals surface area (Å²) in [6, 6.07) is 4.06. The van der Waals surface area contributed by atoms with Crippen molar-refractivity contribution in [2.45, 2.75) is 44.6 Å². The fourth-order valence-corrected chi connectivity index (χ4v) is 4.91. The Kier molecular flexibility index (Phi) is 6.62. The molecule has 0 bridgehead atoms. The molecule has 31 heavy (non-hydrogen) atoms. The van der Waals surface area contributed by atoms with Crippen LogP contribution in [0.5, 0.6) is 5.75 Å². The van der Waals surface area contributed by atoms with Crippen LogP contribution in [0.1, 0.15) is 37.9 Å². The zero-order chi connectivity index (χ0) is 21.0. The lowest BCUT2D eigenvalue weighted by atomic mass is 9.95. The fourth-order valence-electron chi connectivity index (χ4n) is 4.91. The molecule has 0 radical (unpaired) electrons. The van der Waals surface area contributed by atoms with Crippen LogP contribution < -0.4 is 10.1 Å². The number of ether oxygens (including phenoxy) is 2. The van der Waals surface area contributed by atoms with Gasteiger partial charge in [-0.15, -0.1) is 0 Å². The van der Waals surface area contributed by atoms with Crippen LogP contribution in [0.15, 0.2) is 18.3 Å². The first-order chi connectivity index (χ1) is 15.2. The van der Waals surface area contributed by atoms with Crippen molar-refractivity contribution in [2.75, 3.05) is 46.0 Å². The summed E-state index contributed by atoms with van der Waals surface area (Å²) in [7, 11) is 0. The Morgan fingerprint density at radius 3 is 2.65 bits per heavy atom. The van der Waals surface area contributed by atoms with Crippen molar-refractivity contribution >= 4 is 10.9 Å². The van der Waals surface area contributed by atoms with Gasteiger partial charge in [0.1, 0.15) is 17.4 Å². The second kappa shape index (κ2) is 9.76. The molecule has 7 heteroatoms. The molecule has 0 atom stereocenters. The Morgan fingerprint density at radius 2 is 1.90 bits per heavy atom. The maximum absolute atomic E-state index is 14.6. The molecule has 3 saturated heterocycles. The van der Waals surface area contributed by atoms with Gasteiger partial charge in [-0.25, -0.2) is 14.4 Å². The number of likely N-dealkylation sites (tertiary alicyclic amines) is 1. The van der Waals surface area contributed by atoms with Crippen LogP contribution in [0.25, 0.3) is 10.9 Å². The van der Waals surface area contributed by atoms with E-state index in [0.717, 1.165) is 89.8 Å². The van der Waals surface area contributed by atoms with Crippen LogP contribution in [0.3, 0.4) is 0 Å². The molecule has 3 aliphatic heterocycles. The Morgan fingerprint density at radius 1 is 1.10 bits per heavy atom. The molecule has 0 aliphatic carbocycles. The van der Waals surface area contributed by atoms with Crippen LogP contribution in [0.4, 0.5) is 4.39 Å². The minimum absolute atomic E-state index is 0.309. The number of nitrogens with one attached hydrogen (secondary N) is 1. The Bertz CT molecular complexity index is 877. The number of aromatic nitrogens is 2. The van der Waals surface area contributed by atoms with Crippen molar-refractivity contribution in [3.8, 4) is 5.75 Å². The van der Waals surface area contributed by atoms with Crippen LogP contribution in [0, 0.1) is 17.7 Å². The van der Waals surface area contributed by atoms with Gasteiger partial charge < -0.3 is 14.8 Å². The topological polar surface area (TPSA) is 59.5 Å². The zero-order valence-corrected chi connectivity index (χ0v) is 18.2. The van der Waals surface area contributed by atoms with E-state index in [9.17, 15) is 4.39 Å². The molecule has 0 unspecified atom stereocenters. The smallest absolute Gasteiger partial charge is 0.137 e. The van der Waals surface area contributed by atoms with Crippen LogP contribution in [-0.2, 0) is 11.2 Å². The minimum atomic E-state index is -0.309. The third kappa shape index (κ3) is 5.16. The van der Waals surface area contributed by atoms with Gasteiger partial charge >= 0.3 is 0 Å². The highest BCUT2D eigenvalue weighted by atomic mass is 19.1. The number of fused-ring (bicyclic) bond motifs is 1. The number of piperidine rings is 1. The van der Waals surface area contributed by atoms with E-state index in [1.54, 1.807) is 6.20 Å². The quantitative estimate of drug-likeness (QED) is 0.731. The molecule has 0 spiro atoms.